The fourth-order valence-corrected chi connectivity index (χ4v) is 1.31. The first-order chi connectivity index (χ1) is 7.87. The summed E-state index contributed by atoms with van der Waals surface area (Å²) >= 11 is 0. The first-order valence-electron chi connectivity index (χ1n) is 6.30. The number of nitrogens with zero attached hydrogens (tertiary/aromatic N) is 1. The number of pyridine rings is 1. The molecule has 0 radical (unpaired) electrons. The van der Waals surface area contributed by atoms with Crippen molar-refractivity contribution in [1.82, 2.24) is 10.3 Å². The zero-order chi connectivity index (χ0) is 12.9. The van der Waals surface area contributed by atoms with Gasteiger partial charge in [0.25, 0.3) is 0 Å². The molecule has 1 aromatic heterocycles. The average Bonchev–Trinajstić information content (AvgIpc) is 2.24. The SMILES string of the molecule is CC(C)CNc1ccc(CNC(C)(C)C)cn1. The quantitative estimate of drug-likeness (QED) is 0.823. The summed E-state index contributed by atoms with van der Waals surface area (Å²) in [7, 11) is 0. The second-order valence-electron chi connectivity index (χ2n) is 5.93. The van der Waals surface area contributed by atoms with E-state index in [-0.39, 0.29) is 5.54 Å². The van der Waals surface area contributed by atoms with Crippen LogP contribution in [0.3, 0.4) is 0 Å². The zero-order valence-corrected chi connectivity index (χ0v) is 11.7. The summed E-state index contributed by atoms with van der Waals surface area (Å²) in [4.78, 5) is 4.40. The van der Waals surface area contributed by atoms with Crippen molar-refractivity contribution in [2.75, 3.05) is 11.9 Å². The van der Waals surface area contributed by atoms with Gasteiger partial charge in [-0.15, -0.1) is 0 Å². The Balaban J connectivity index is 2.45. The van der Waals surface area contributed by atoms with Crippen LogP contribution in [0.5, 0.6) is 0 Å². The molecule has 0 saturated heterocycles. The molecule has 0 aromatic carbocycles. The Hall–Kier alpha value is -1.09. The molecule has 0 aliphatic rings. The Morgan fingerprint density at radius 3 is 2.41 bits per heavy atom. The predicted molar refractivity (Wildman–Crippen MR) is 74.2 cm³/mol. The summed E-state index contributed by atoms with van der Waals surface area (Å²) in [5, 5.41) is 6.76. The van der Waals surface area contributed by atoms with Gasteiger partial charge in [-0.1, -0.05) is 19.9 Å². The van der Waals surface area contributed by atoms with Crippen LogP contribution in [0.4, 0.5) is 5.82 Å². The van der Waals surface area contributed by atoms with Crippen LogP contribution in [0.2, 0.25) is 0 Å². The van der Waals surface area contributed by atoms with Gasteiger partial charge in [0.05, 0.1) is 0 Å². The Bertz CT molecular complexity index is 322. The molecule has 3 heteroatoms. The summed E-state index contributed by atoms with van der Waals surface area (Å²) in [6, 6.07) is 4.16. The topological polar surface area (TPSA) is 37.0 Å². The highest BCUT2D eigenvalue weighted by atomic mass is 15.0. The van der Waals surface area contributed by atoms with Gasteiger partial charge in [-0.2, -0.15) is 0 Å². The van der Waals surface area contributed by atoms with Gasteiger partial charge >= 0.3 is 0 Å². The molecule has 0 bridgehead atoms. The average molecular weight is 235 g/mol. The van der Waals surface area contributed by atoms with Gasteiger partial charge in [0, 0.05) is 24.8 Å². The molecular formula is C14H25N3. The van der Waals surface area contributed by atoms with E-state index >= 15 is 0 Å². The lowest BCUT2D eigenvalue weighted by molar-refractivity contribution is 0.424. The van der Waals surface area contributed by atoms with Crippen LogP contribution < -0.4 is 10.6 Å². The maximum atomic E-state index is 4.40. The van der Waals surface area contributed by atoms with Crippen molar-refractivity contribution >= 4 is 5.82 Å². The van der Waals surface area contributed by atoms with E-state index in [4.69, 9.17) is 0 Å². The lowest BCUT2D eigenvalue weighted by Gasteiger charge is -2.20. The van der Waals surface area contributed by atoms with Crippen LogP contribution in [0.25, 0.3) is 0 Å². The Morgan fingerprint density at radius 2 is 1.94 bits per heavy atom. The highest BCUT2D eigenvalue weighted by Crippen LogP contribution is 2.07. The molecule has 0 saturated carbocycles. The van der Waals surface area contributed by atoms with Crippen molar-refractivity contribution < 1.29 is 0 Å². The minimum Gasteiger partial charge on any atom is -0.370 e. The molecule has 96 valence electrons. The van der Waals surface area contributed by atoms with Gasteiger partial charge in [0.1, 0.15) is 5.82 Å². The largest absolute Gasteiger partial charge is 0.370 e. The summed E-state index contributed by atoms with van der Waals surface area (Å²) in [6.45, 7) is 12.7. The maximum absolute atomic E-state index is 4.40. The molecule has 0 unspecified atom stereocenters. The molecule has 2 N–H and O–H groups in total. The molecule has 0 spiro atoms. The summed E-state index contributed by atoms with van der Waals surface area (Å²) < 4.78 is 0. The smallest absolute Gasteiger partial charge is 0.125 e. The van der Waals surface area contributed by atoms with E-state index in [0.29, 0.717) is 5.92 Å². The first kappa shape index (κ1) is 14.0. The lowest BCUT2D eigenvalue weighted by Crippen LogP contribution is -2.35. The third kappa shape index (κ3) is 6.27. The van der Waals surface area contributed by atoms with E-state index in [1.807, 2.05) is 12.3 Å². The number of rotatable bonds is 5. The standard InChI is InChI=1S/C14H25N3/c1-11(2)8-15-13-7-6-12(9-16-13)10-17-14(3,4)5/h6-7,9,11,17H,8,10H2,1-5H3,(H,15,16). The third-order valence-electron chi connectivity index (χ3n) is 2.34. The van der Waals surface area contributed by atoms with Gasteiger partial charge in [-0.05, 0) is 38.3 Å². The Labute approximate surface area is 105 Å². The summed E-state index contributed by atoms with van der Waals surface area (Å²) in [5.41, 5.74) is 1.36. The number of anilines is 1. The van der Waals surface area contributed by atoms with Crippen molar-refractivity contribution in [3.63, 3.8) is 0 Å². The highest BCUT2D eigenvalue weighted by Gasteiger charge is 2.08. The van der Waals surface area contributed by atoms with Crippen molar-refractivity contribution in [2.45, 2.75) is 46.7 Å². The van der Waals surface area contributed by atoms with Crippen LogP contribution in [0.1, 0.15) is 40.2 Å². The fourth-order valence-electron chi connectivity index (χ4n) is 1.31. The van der Waals surface area contributed by atoms with Gasteiger partial charge in [0.2, 0.25) is 0 Å². The zero-order valence-electron chi connectivity index (χ0n) is 11.7. The van der Waals surface area contributed by atoms with E-state index < -0.39 is 0 Å². The number of hydrogen-bond acceptors (Lipinski definition) is 3. The second kappa shape index (κ2) is 6.01. The lowest BCUT2D eigenvalue weighted by atomic mass is 10.1. The van der Waals surface area contributed by atoms with Gasteiger partial charge in [-0.3, -0.25) is 0 Å². The Kier molecular flexibility index (Phi) is 4.94. The second-order valence-corrected chi connectivity index (χ2v) is 5.93. The van der Waals surface area contributed by atoms with Gasteiger partial charge < -0.3 is 10.6 Å². The van der Waals surface area contributed by atoms with E-state index in [1.165, 1.54) is 5.56 Å². The maximum Gasteiger partial charge on any atom is 0.125 e. The first-order valence-corrected chi connectivity index (χ1v) is 6.30. The van der Waals surface area contributed by atoms with Gasteiger partial charge in [0.15, 0.2) is 0 Å². The summed E-state index contributed by atoms with van der Waals surface area (Å²) in [6.07, 6.45) is 1.93. The monoisotopic (exact) mass is 235 g/mol. The Morgan fingerprint density at radius 1 is 1.24 bits per heavy atom. The molecule has 17 heavy (non-hydrogen) atoms. The molecule has 3 nitrogen and oxygen atoms in total. The minimum absolute atomic E-state index is 0.147. The van der Waals surface area contributed by atoms with Crippen LogP contribution in [0.15, 0.2) is 18.3 Å². The molecule has 1 heterocycles. The van der Waals surface area contributed by atoms with E-state index in [1.54, 1.807) is 0 Å². The number of aromatic nitrogens is 1. The minimum atomic E-state index is 0.147. The molecule has 0 aliphatic carbocycles. The van der Waals surface area contributed by atoms with Crippen molar-refractivity contribution in [1.29, 1.82) is 0 Å². The molecule has 0 fully saturated rings. The molecular weight excluding hydrogens is 210 g/mol. The summed E-state index contributed by atoms with van der Waals surface area (Å²) in [5.74, 6) is 1.59. The van der Waals surface area contributed by atoms with Crippen molar-refractivity contribution in [2.24, 2.45) is 5.92 Å². The molecule has 0 amide bonds. The molecule has 1 rings (SSSR count). The normalized spacial score (nSPS) is 11.9. The highest BCUT2D eigenvalue weighted by molar-refractivity contribution is 5.35. The van der Waals surface area contributed by atoms with Crippen molar-refractivity contribution in [3.8, 4) is 0 Å². The number of nitrogens with one attached hydrogen (secondary N) is 2. The predicted octanol–water partition coefficient (Wildman–Crippen LogP) is 3.04. The van der Waals surface area contributed by atoms with Crippen LogP contribution >= 0.6 is 0 Å². The van der Waals surface area contributed by atoms with E-state index in [0.717, 1.165) is 18.9 Å². The van der Waals surface area contributed by atoms with Gasteiger partial charge in [-0.25, -0.2) is 4.98 Å². The molecule has 0 aliphatic heterocycles. The van der Waals surface area contributed by atoms with E-state index in [9.17, 15) is 0 Å². The fraction of sp³-hybridized carbons (Fsp3) is 0.643. The van der Waals surface area contributed by atoms with Crippen LogP contribution in [-0.2, 0) is 6.54 Å². The van der Waals surface area contributed by atoms with Crippen molar-refractivity contribution in [3.05, 3.63) is 23.9 Å². The van der Waals surface area contributed by atoms with Crippen LogP contribution in [0, 0.1) is 5.92 Å². The number of hydrogen-bond donors (Lipinski definition) is 2. The molecule has 0 atom stereocenters. The van der Waals surface area contributed by atoms with E-state index in [2.05, 4.69) is 56.3 Å². The third-order valence-corrected chi connectivity index (χ3v) is 2.34. The van der Waals surface area contributed by atoms with Crippen LogP contribution in [-0.4, -0.2) is 17.1 Å². The molecule has 1 aromatic rings.